The Morgan fingerprint density at radius 2 is 2.11 bits per heavy atom. The van der Waals surface area contributed by atoms with E-state index in [1.54, 1.807) is 0 Å². The molecule has 9 heteroatoms. The number of hydrogen-bond acceptors (Lipinski definition) is 8. The number of para-hydroxylation sites is 2. The predicted octanol–water partition coefficient (Wildman–Crippen LogP) is 2.63. The summed E-state index contributed by atoms with van der Waals surface area (Å²) in [7, 11) is 0. The van der Waals surface area contributed by atoms with Crippen LogP contribution in [-0.4, -0.2) is 46.7 Å². The third-order valence-electron chi connectivity index (χ3n) is 4.53. The van der Waals surface area contributed by atoms with E-state index in [4.69, 9.17) is 9.47 Å². The fourth-order valence-corrected chi connectivity index (χ4v) is 2.93. The van der Waals surface area contributed by atoms with Crippen LogP contribution in [0, 0.1) is 10.1 Å². The average Bonchev–Trinajstić information content (AvgIpc) is 3.49. The van der Waals surface area contributed by atoms with Gasteiger partial charge in [0.05, 0.1) is 11.5 Å². The van der Waals surface area contributed by atoms with E-state index in [-0.39, 0.29) is 23.7 Å². The summed E-state index contributed by atoms with van der Waals surface area (Å²) in [5, 5.41) is 14.4. The maximum atomic E-state index is 11.2. The van der Waals surface area contributed by atoms with Gasteiger partial charge in [-0.1, -0.05) is 12.1 Å². The molecule has 1 atom stereocenters. The quantitative estimate of drug-likeness (QED) is 0.585. The van der Waals surface area contributed by atoms with Crippen molar-refractivity contribution in [3.05, 3.63) is 40.6 Å². The van der Waals surface area contributed by atoms with Crippen molar-refractivity contribution >= 4 is 17.5 Å². The van der Waals surface area contributed by atoms with Gasteiger partial charge in [-0.2, -0.15) is 4.98 Å². The minimum absolute atomic E-state index is 0.104. The Morgan fingerprint density at radius 1 is 1.33 bits per heavy atom. The molecule has 1 aromatic heterocycles. The Hall–Kier alpha value is -3.10. The predicted molar refractivity (Wildman–Crippen MR) is 99.6 cm³/mol. The fraction of sp³-hybridized carbons (Fsp3) is 0.444. The van der Waals surface area contributed by atoms with Gasteiger partial charge >= 0.3 is 5.69 Å². The van der Waals surface area contributed by atoms with Gasteiger partial charge in [0, 0.05) is 12.6 Å². The molecule has 0 amide bonds. The van der Waals surface area contributed by atoms with Gasteiger partial charge in [-0.3, -0.25) is 10.1 Å². The van der Waals surface area contributed by atoms with E-state index in [1.165, 1.54) is 6.20 Å². The molecule has 1 aromatic carbocycles. The molecule has 0 radical (unpaired) electrons. The van der Waals surface area contributed by atoms with Crippen LogP contribution in [0.15, 0.2) is 30.5 Å². The molecule has 1 saturated carbocycles. The summed E-state index contributed by atoms with van der Waals surface area (Å²) in [6, 6.07) is 7.81. The number of fused-ring (bicyclic) bond motifs is 1. The molecule has 4 rings (SSSR count). The molecule has 2 aromatic rings. The van der Waals surface area contributed by atoms with Crippen molar-refractivity contribution in [3.63, 3.8) is 0 Å². The van der Waals surface area contributed by atoms with Gasteiger partial charge in [0.2, 0.25) is 11.8 Å². The second-order valence-corrected chi connectivity index (χ2v) is 6.62. The zero-order valence-electron chi connectivity index (χ0n) is 15.0. The standard InChI is InChI=1S/C18H21N5O4/c1-2-22(10-13-11-26-15-5-3-4-6-16(15)27-13)18-19-9-14(23(24)25)17(21-18)20-12-7-8-12/h3-6,9,12-13H,2,7-8,10-11H2,1H3,(H,19,20,21). The SMILES string of the molecule is CCN(CC1COc2ccccc2O1)c1ncc([N+](=O)[O-])c(NC2CC2)n1. The Labute approximate surface area is 156 Å². The third-order valence-corrected chi connectivity index (χ3v) is 4.53. The molecule has 9 nitrogen and oxygen atoms in total. The first-order valence-corrected chi connectivity index (χ1v) is 9.05. The van der Waals surface area contributed by atoms with Gasteiger partial charge in [0.25, 0.3) is 0 Å². The highest BCUT2D eigenvalue weighted by Gasteiger charge is 2.28. The first-order valence-electron chi connectivity index (χ1n) is 9.05. The third kappa shape index (κ3) is 3.86. The summed E-state index contributed by atoms with van der Waals surface area (Å²) in [4.78, 5) is 21.3. The van der Waals surface area contributed by atoms with Crippen LogP contribution in [0.2, 0.25) is 0 Å². The highest BCUT2D eigenvalue weighted by Crippen LogP contribution is 2.32. The molecular formula is C18H21N5O4. The maximum Gasteiger partial charge on any atom is 0.329 e. The Morgan fingerprint density at radius 3 is 2.81 bits per heavy atom. The molecule has 0 saturated heterocycles. The number of ether oxygens (including phenoxy) is 2. The number of anilines is 2. The van der Waals surface area contributed by atoms with E-state index in [0.29, 0.717) is 31.4 Å². The summed E-state index contributed by atoms with van der Waals surface area (Å²) >= 11 is 0. The van der Waals surface area contributed by atoms with Crippen LogP contribution >= 0.6 is 0 Å². The lowest BCUT2D eigenvalue weighted by atomic mass is 10.2. The molecule has 142 valence electrons. The van der Waals surface area contributed by atoms with Crippen LogP contribution in [0.4, 0.5) is 17.5 Å². The molecule has 1 fully saturated rings. The Balaban J connectivity index is 1.51. The normalized spacial score (nSPS) is 18.0. The number of hydrogen-bond donors (Lipinski definition) is 1. The molecule has 1 N–H and O–H groups in total. The Kier molecular flexibility index (Phi) is 4.66. The number of likely N-dealkylation sites (N-methyl/N-ethyl adjacent to an activating group) is 1. The Bertz CT molecular complexity index is 842. The number of nitrogens with one attached hydrogen (secondary N) is 1. The van der Waals surface area contributed by atoms with Crippen LogP contribution in [-0.2, 0) is 0 Å². The summed E-state index contributed by atoms with van der Waals surface area (Å²) in [6.45, 7) is 3.57. The van der Waals surface area contributed by atoms with E-state index in [1.807, 2.05) is 36.1 Å². The van der Waals surface area contributed by atoms with Crippen molar-refractivity contribution in [1.29, 1.82) is 0 Å². The summed E-state index contributed by atoms with van der Waals surface area (Å²) in [5.41, 5.74) is -0.104. The van der Waals surface area contributed by atoms with Crippen LogP contribution in [0.25, 0.3) is 0 Å². The first-order chi connectivity index (χ1) is 13.1. The van der Waals surface area contributed by atoms with Crippen molar-refractivity contribution in [3.8, 4) is 11.5 Å². The van der Waals surface area contributed by atoms with Crippen LogP contribution in [0.1, 0.15) is 19.8 Å². The number of nitrogens with zero attached hydrogens (tertiary/aromatic N) is 4. The fourth-order valence-electron chi connectivity index (χ4n) is 2.93. The largest absolute Gasteiger partial charge is 0.486 e. The number of aromatic nitrogens is 2. The second-order valence-electron chi connectivity index (χ2n) is 6.62. The summed E-state index contributed by atoms with van der Waals surface area (Å²) < 4.78 is 11.8. The van der Waals surface area contributed by atoms with Crippen LogP contribution in [0.5, 0.6) is 11.5 Å². The zero-order valence-corrected chi connectivity index (χ0v) is 15.0. The molecule has 1 aliphatic carbocycles. The van der Waals surface area contributed by atoms with Gasteiger partial charge in [-0.05, 0) is 31.9 Å². The van der Waals surface area contributed by atoms with Crippen molar-refractivity contribution in [2.24, 2.45) is 0 Å². The molecule has 1 aliphatic heterocycles. The topological polar surface area (TPSA) is 103 Å². The van der Waals surface area contributed by atoms with E-state index in [0.717, 1.165) is 18.6 Å². The molecule has 2 aliphatic rings. The van der Waals surface area contributed by atoms with E-state index >= 15 is 0 Å². The number of nitro groups is 1. The highest BCUT2D eigenvalue weighted by atomic mass is 16.6. The minimum Gasteiger partial charge on any atom is -0.486 e. The van der Waals surface area contributed by atoms with Gasteiger partial charge in [-0.25, -0.2) is 4.98 Å². The second kappa shape index (κ2) is 7.26. The van der Waals surface area contributed by atoms with Gasteiger partial charge in [0.15, 0.2) is 17.6 Å². The van der Waals surface area contributed by atoms with Crippen LogP contribution < -0.4 is 19.7 Å². The summed E-state index contributed by atoms with van der Waals surface area (Å²) in [5.74, 6) is 2.16. The summed E-state index contributed by atoms with van der Waals surface area (Å²) in [6.07, 6.45) is 3.09. The van der Waals surface area contributed by atoms with E-state index < -0.39 is 4.92 Å². The van der Waals surface area contributed by atoms with Crippen molar-refractivity contribution in [2.45, 2.75) is 31.9 Å². The molecule has 0 spiro atoms. The van der Waals surface area contributed by atoms with Crippen LogP contribution in [0.3, 0.4) is 0 Å². The van der Waals surface area contributed by atoms with Crippen molar-refractivity contribution < 1.29 is 14.4 Å². The lowest BCUT2D eigenvalue weighted by Gasteiger charge is -2.30. The van der Waals surface area contributed by atoms with Crippen molar-refractivity contribution in [1.82, 2.24) is 9.97 Å². The highest BCUT2D eigenvalue weighted by molar-refractivity contribution is 5.58. The van der Waals surface area contributed by atoms with E-state index in [2.05, 4.69) is 15.3 Å². The lowest BCUT2D eigenvalue weighted by molar-refractivity contribution is -0.384. The molecule has 2 heterocycles. The zero-order chi connectivity index (χ0) is 18.8. The lowest BCUT2D eigenvalue weighted by Crippen LogP contribution is -2.41. The average molecular weight is 371 g/mol. The minimum atomic E-state index is -0.459. The van der Waals surface area contributed by atoms with Gasteiger partial charge in [-0.15, -0.1) is 0 Å². The van der Waals surface area contributed by atoms with Gasteiger partial charge in [0.1, 0.15) is 12.8 Å². The van der Waals surface area contributed by atoms with Crippen molar-refractivity contribution in [2.75, 3.05) is 29.9 Å². The molecular weight excluding hydrogens is 350 g/mol. The number of rotatable bonds is 7. The molecule has 27 heavy (non-hydrogen) atoms. The number of benzene rings is 1. The smallest absolute Gasteiger partial charge is 0.329 e. The molecule has 0 bridgehead atoms. The first kappa shape index (κ1) is 17.3. The monoisotopic (exact) mass is 371 g/mol. The van der Waals surface area contributed by atoms with Gasteiger partial charge < -0.3 is 19.7 Å². The maximum absolute atomic E-state index is 11.2. The molecule has 1 unspecified atom stereocenters. The van der Waals surface area contributed by atoms with E-state index in [9.17, 15) is 10.1 Å².